The summed E-state index contributed by atoms with van der Waals surface area (Å²) in [5.41, 5.74) is 0.0460. The predicted octanol–water partition coefficient (Wildman–Crippen LogP) is 2.27. The van der Waals surface area contributed by atoms with Gasteiger partial charge in [-0.3, -0.25) is 4.90 Å². The summed E-state index contributed by atoms with van der Waals surface area (Å²) in [7, 11) is 0. The van der Waals surface area contributed by atoms with Crippen molar-refractivity contribution in [2.45, 2.75) is 58.6 Å². The predicted molar refractivity (Wildman–Crippen MR) is 73.5 cm³/mol. The van der Waals surface area contributed by atoms with Crippen molar-refractivity contribution in [2.24, 2.45) is 0 Å². The summed E-state index contributed by atoms with van der Waals surface area (Å²) in [5, 5.41) is 3.54. The van der Waals surface area contributed by atoms with E-state index in [9.17, 15) is 0 Å². The van der Waals surface area contributed by atoms with Gasteiger partial charge in [0.25, 0.3) is 0 Å². The molecule has 1 unspecified atom stereocenters. The van der Waals surface area contributed by atoms with Crippen LogP contribution < -0.4 is 5.32 Å². The number of rotatable bonds is 7. The highest BCUT2D eigenvalue weighted by Crippen LogP contribution is 2.16. The van der Waals surface area contributed by atoms with Crippen LogP contribution in [0.5, 0.6) is 0 Å². The van der Waals surface area contributed by atoms with E-state index in [2.05, 4.69) is 37.9 Å². The molecule has 1 aliphatic rings. The molecule has 0 spiro atoms. The van der Waals surface area contributed by atoms with Crippen LogP contribution >= 0.6 is 0 Å². The summed E-state index contributed by atoms with van der Waals surface area (Å²) in [6.07, 6.45) is 3.79. The SMILES string of the molecule is CCCNC(C)CCCN1CCOC(C)(C)C1. The highest BCUT2D eigenvalue weighted by Gasteiger charge is 2.26. The van der Waals surface area contributed by atoms with Gasteiger partial charge in [0.2, 0.25) is 0 Å². The lowest BCUT2D eigenvalue weighted by Gasteiger charge is -2.38. The zero-order chi connectivity index (χ0) is 12.7. The molecule has 1 atom stereocenters. The van der Waals surface area contributed by atoms with Gasteiger partial charge in [-0.2, -0.15) is 0 Å². The molecule has 1 aliphatic heterocycles. The first-order valence-electron chi connectivity index (χ1n) is 7.13. The van der Waals surface area contributed by atoms with E-state index in [1.54, 1.807) is 0 Å². The van der Waals surface area contributed by atoms with E-state index in [1.165, 1.54) is 25.8 Å². The van der Waals surface area contributed by atoms with E-state index >= 15 is 0 Å². The summed E-state index contributed by atoms with van der Waals surface area (Å²) in [5.74, 6) is 0. The Balaban J connectivity index is 2.09. The third-order valence-corrected chi connectivity index (χ3v) is 3.36. The van der Waals surface area contributed by atoms with Gasteiger partial charge in [-0.1, -0.05) is 6.92 Å². The van der Waals surface area contributed by atoms with Crippen LogP contribution in [0, 0.1) is 0 Å². The molecule has 3 nitrogen and oxygen atoms in total. The van der Waals surface area contributed by atoms with Crippen LogP contribution in [0.1, 0.15) is 47.0 Å². The zero-order valence-electron chi connectivity index (χ0n) is 12.1. The fraction of sp³-hybridized carbons (Fsp3) is 1.00. The molecule has 3 heteroatoms. The Morgan fingerprint density at radius 2 is 2.18 bits per heavy atom. The summed E-state index contributed by atoms with van der Waals surface area (Å²) in [4.78, 5) is 2.54. The van der Waals surface area contributed by atoms with Crippen molar-refractivity contribution in [3.63, 3.8) is 0 Å². The molecule has 0 saturated carbocycles. The molecule has 0 bridgehead atoms. The third kappa shape index (κ3) is 6.39. The van der Waals surface area contributed by atoms with Gasteiger partial charge in [0.05, 0.1) is 12.2 Å². The molecule has 0 amide bonds. The average Bonchev–Trinajstić information content (AvgIpc) is 2.25. The Morgan fingerprint density at radius 1 is 1.41 bits per heavy atom. The van der Waals surface area contributed by atoms with Crippen LogP contribution in [0.15, 0.2) is 0 Å². The Kier molecular flexibility index (Phi) is 6.45. The fourth-order valence-corrected chi connectivity index (χ4v) is 2.42. The zero-order valence-corrected chi connectivity index (χ0v) is 12.1. The van der Waals surface area contributed by atoms with E-state index in [0.717, 1.165) is 26.2 Å². The summed E-state index contributed by atoms with van der Waals surface area (Å²) in [6, 6.07) is 0.656. The normalized spacial score (nSPS) is 22.6. The maximum Gasteiger partial charge on any atom is 0.0753 e. The van der Waals surface area contributed by atoms with Crippen molar-refractivity contribution in [3.05, 3.63) is 0 Å². The van der Waals surface area contributed by atoms with E-state index in [0.29, 0.717) is 6.04 Å². The Morgan fingerprint density at radius 3 is 2.82 bits per heavy atom. The molecule has 1 fully saturated rings. The lowest BCUT2D eigenvalue weighted by atomic mass is 10.1. The third-order valence-electron chi connectivity index (χ3n) is 3.36. The van der Waals surface area contributed by atoms with Gasteiger partial charge >= 0.3 is 0 Å². The Hall–Kier alpha value is -0.120. The minimum atomic E-state index is 0.0460. The van der Waals surface area contributed by atoms with Crippen molar-refractivity contribution in [1.29, 1.82) is 0 Å². The van der Waals surface area contributed by atoms with E-state index in [4.69, 9.17) is 4.74 Å². The lowest BCUT2D eigenvalue weighted by Crippen LogP contribution is -2.48. The number of hydrogen-bond acceptors (Lipinski definition) is 3. The van der Waals surface area contributed by atoms with Crippen molar-refractivity contribution >= 4 is 0 Å². The van der Waals surface area contributed by atoms with Crippen LogP contribution in [0.2, 0.25) is 0 Å². The monoisotopic (exact) mass is 242 g/mol. The first-order valence-corrected chi connectivity index (χ1v) is 7.13. The molecule has 1 N–H and O–H groups in total. The molecule has 1 rings (SSSR count). The summed E-state index contributed by atoms with van der Waals surface area (Å²) < 4.78 is 5.72. The van der Waals surface area contributed by atoms with Crippen LogP contribution in [0.3, 0.4) is 0 Å². The number of hydrogen-bond donors (Lipinski definition) is 1. The second-order valence-electron chi connectivity index (χ2n) is 5.88. The first kappa shape index (κ1) is 14.9. The minimum Gasteiger partial charge on any atom is -0.373 e. The number of nitrogens with zero attached hydrogens (tertiary/aromatic N) is 1. The van der Waals surface area contributed by atoms with Crippen LogP contribution in [-0.2, 0) is 4.74 Å². The van der Waals surface area contributed by atoms with Gasteiger partial charge in [0.15, 0.2) is 0 Å². The lowest BCUT2D eigenvalue weighted by molar-refractivity contribution is -0.0861. The van der Waals surface area contributed by atoms with Gasteiger partial charge in [0.1, 0.15) is 0 Å². The molecular weight excluding hydrogens is 212 g/mol. The highest BCUT2D eigenvalue weighted by atomic mass is 16.5. The molecule has 1 heterocycles. The van der Waals surface area contributed by atoms with Gasteiger partial charge < -0.3 is 10.1 Å². The van der Waals surface area contributed by atoms with Gasteiger partial charge in [-0.25, -0.2) is 0 Å². The van der Waals surface area contributed by atoms with E-state index in [-0.39, 0.29) is 5.60 Å². The summed E-state index contributed by atoms with van der Waals surface area (Å²) >= 11 is 0. The first-order chi connectivity index (χ1) is 8.03. The topological polar surface area (TPSA) is 24.5 Å². The molecule has 0 aromatic heterocycles. The van der Waals surface area contributed by atoms with Crippen molar-refractivity contribution < 1.29 is 4.74 Å². The maximum atomic E-state index is 5.72. The Bertz CT molecular complexity index is 206. The van der Waals surface area contributed by atoms with Crippen molar-refractivity contribution in [1.82, 2.24) is 10.2 Å². The molecule has 102 valence electrons. The maximum absolute atomic E-state index is 5.72. The van der Waals surface area contributed by atoms with Crippen LogP contribution in [0.4, 0.5) is 0 Å². The average molecular weight is 242 g/mol. The molecular formula is C14H30N2O. The minimum absolute atomic E-state index is 0.0460. The molecule has 0 aromatic carbocycles. The van der Waals surface area contributed by atoms with Crippen LogP contribution in [-0.4, -0.2) is 49.3 Å². The van der Waals surface area contributed by atoms with Crippen molar-refractivity contribution in [3.8, 4) is 0 Å². The van der Waals surface area contributed by atoms with Gasteiger partial charge in [-0.05, 0) is 53.1 Å². The quantitative estimate of drug-likeness (QED) is 0.741. The number of ether oxygens (including phenoxy) is 1. The second-order valence-corrected chi connectivity index (χ2v) is 5.88. The van der Waals surface area contributed by atoms with E-state index in [1.807, 2.05) is 0 Å². The molecule has 0 aliphatic carbocycles. The fourth-order valence-electron chi connectivity index (χ4n) is 2.42. The van der Waals surface area contributed by atoms with Crippen LogP contribution in [0.25, 0.3) is 0 Å². The summed E-state index contributed by atoms with van der Waals surface area (Å²) in [6.45, 7) is 14.3. The number of morpholine rings is 1. The smallest absolute Gasteiger partial charge is 0.0753 e. The molecule has 17 heavy (non-hydrogen) atoms. The highest BCUT2D eigenvalue weighted by molar-refractivity contribution is 4.79. The number of nitrogens with one attached hydrogen (secondary N) is 1. The Labute approximate surface area is 107 Å². The van der Waals surface area contributed by atoms with Crippen molar-refractivity contribution in [2.75, 3.05) is 32.8 Å². The molecule has 0 radical (unpaired) electrons. The van der Waals surface area contributed by atoms with Gasteiger partial charge in [-0.15, -0.1) is 0 Å². The standard InChI is InChI=1S/C14H30N2O/c1-5-8-15-13(2)7-6-9-16-10-11-17-14(3,4)12-16/h13,15H,5-12H2,1-4H3. The second kappa shape index (κ2) is 7.34. The molecule has 0 aromatic rings. The van der Waals surface area contributed by atoms with E-state index < -0.39 is 0 Å². The van der Waals surface area contributed by atoms with Gasteiger partial charge in [0, 0.05) is 19.1 Å². The largest absolute Gasteiger partial charge is 0.373 e. The molecule has 1 saturated heterocycles.